The van der Waals surface area contributed by atoms with E-state index in [0.29, 0.717) is 23.8 Å². The molecule has 0 saturated heterocycles. The van der Waals surface area contributed by atoms with Crippen molar-refractivity contribution in [2.24, 2.45) is 0 Å². The number of fused-ring (bicyclic) bond motifs is 1. The summed E-state index contributed by atoms with van der Waals surface area (Å²) in [5, 5.41) is 11.8. The van der Waals surface area contributed by atoms with Crippen molar-refractivity contribution < 1.29 is 9.53 Å². The van der Waals surface area contributed by atoms with Crippen LogP contribution in [0.3, 0.4) is 0 Å². The van der Waals surface area contributed by atoms with E-state index in [9.17, 15) is 4.79 Å². The number of hydrogen-bond donors (Lipinski definition) is 2. The number of anilines is 2. The number of halogens is 1. The summed E-state index contributed by atoms with van der Waals surface area (Å²) in [5.41, 5.74) is 8.24. The molecule has 0 spiro atoms. The normalized spacial score (nSPS) is 13.6. The van der Waals surface area contributed by atoms with Crippen LogP contribution in [0.5, 0.6) is 5.88 Å². The zero-order valence-corrected chi connectivity index (χ0v) is 15.4. The molecule has 1 aliphatic rings. The molecule has 142 valence electrons. The van der Waals surface area contributed by atoms with Crippen LogP contribution in [0.2, 0.25) is 5.02 Å². The van der Waals surface area contributed by atoms with Gasteiger partial charge >= 0.3 is 0 Å². The molecular weight excluding hydrogens is 382 g/mol. The molecule has 9 nitrogen and oxygen atoms in total. The number of amides is 1. The molecule has 10 heteroatoms. The monoisotopic (exact) mass is 397 g/mol. The molecule has 1 aromatic carbocycles. The summed E-state index contributed by atoms with van der Waals surface area (Å²) in [6.45, 7) is 0.980. The molecule has 28 heavy (non-hydrogen) atoms. The Morgan fingerprint density at radius 2 is 2.21 bits per heavy atom. The number of hydrogen-bond acceptors (Lipinski definition) is 7. The van der Waals surface area contributed by atoms with Gasteiger partial charge in [0.25, 0.3) is 5.91 Å². The van der Waals surface area contributed by atoms with E-state index < -0.39 is 0 Å². The molecule has 3 heterocycles. The van der Waals surface area contributed by atoms with Crippen molar-refractivity contribution in [1.82, 2.24) is 19.7 Å². The number of ether oxygens (including phenoxy) is 1. The number of carbonyl (C=O) groups is 1. The Morgan fingerprint density at radius 1 is 1.36 bits per heavy atom. The number of nitrogens with two attached hydrogens (primary N) is 1. The Balaban J connectivity index is 1.68. The van der Waals surface area contributed by atoms with Crippen LogP contribution in [0, 0.1) is 5.41 Å². The standard InChI is InChI=1S/C18H16ClN7O2/c19-14-7-12(1-2-13(14)11-8-24-25(9-11)4-3-20)26-5-6-28-17-15(18(26)27)16(21)22-10-23-17/h1-3,7-10,20H,4-6H2,(H2,21,22,23). The van der Waals surface area contributed by atoms with Crippen LogP contribution in [0.25, 0.3) is 11.1 Å². The van der Waals surface area contributed by atoms with Crippen LogP contribution in [-0.4, -0.2) is 45.0 Å². The fourth-order valence-corrected chi connectivity index (χ4v) is 3.30. The number of nitrogens with zero attached hydrogens (tertiary/aromatic N) is 5. The summed E-state index contributed by atoms with van der Waals surface area (Å²) in [5.74, 6) is -0.0854. The molecule has 0 radical (unpaired) electrons. The highest BCUT2D eigenvalue weighted by Gasteiger charge is 2.29. The van der Waals surface area contributed by atoms with Gasteiger partial charge in [0.15, 0.2) is 0 Å². The predicted octanol–water partition coefficient (Wildman–Crippen LogP) is 2.26. The van der Waals surface area contributed by atoms with Gasteiger partial charge in [-0.05, 0) is 12.1 Å². The van der Waals surface area contributed by atoms with E-state index >= 15 is 0 Å². The van der Waals surface area contributed by atoms with Crippen LogP contribution in [0.4, 0.5) is 11.5 Å². The second kappa shape index (κ2) is 7.28. The Labute approximate surface area is 165 Å². The fourth-order valence-electron chi connectivity index (χ4n) is 3.01. The molecule has 3 N–H and O–H groups in total. The molecule has 3 aromatic rings. The third kappa shape index (κ3) is 3.16. The van der Waals surface area contributed by atoms with E-state index in [4.69, 9.17) is 27.5 Å². The van der Waals surface area contributed by atoms with E-state index in [1.54, 1.807) is 27.9 Å². The minimum Gasteiger partial charge on any atom is -0.475 e. The first kappa shape index (κ1) is 17.9. The predicted molar refractivity (Wildman–Crippen MR) is 105 cm³/mol. The van der Waals surface area contributed by atoms with E-state index in [-0.39, 0.29) is 29.8 Å². The summed E-state index contributed by atoms with van der Waals surface area (Å²) in [7, 11) is 0. The van der Waals surface area contributed by atoms with Gasteiger partial charge in [0.05, 0.1) is 24.3 Å². The number of nitrogen functional groups attached to an aromatic ring is 1. The number of carbonyl (C=O) groups excluding carboxylic acids is 1. The molecule has 2 aromatic heterocycles. The number of benzene rings is 1. The van der Waals surface area contributed by atoms with E-state index in [0.717, 1.165) is 11.1 Å². The van der Waals surface area contributed by atoms with Gasteiger partial charge in [0.1, 0.15) is 24.3 Å². The quantitative estimate of drug-likeness (QED) is 0.651. The summed E-state index contributed by atoms with van der Waals surface area (Å²) in [4.78, 5) is 22.4. The number of rotatable bonds is 4. The van der Waals surface area contributed by atoms with E-state index in [1.807, 2.05) is 12.3 Å². The summed E-state index contributed by atoms with van der Waals surface area (Å²) >= 11 is 6.49. The third-order valence-corrected chi connectivity index (χ3v) is 4.65. The maximum Gasteiger partial charge on any atom is 0.267 e. The molecule has 4 rings (SSSR count). The van der Waals surface area contributed by atoms with Gasteiger partial charge in [-0.15, -0.1) is 0 Å². The van der Waals surface area contributed by atoms with Crippen molar-refractivity contribution in [1.29, 1.82) is 5.41 Å². The van der Waals surface area contributed by atoms with Gasteiger partial charge in [-0.25, -0.2) is 9.97 Å². The minimum absolute atomic E-state index is 0.0724. The van der Waals surface area contributed by atoms with Crippen LogP contribution >= 0.6 is 11.6 Å². The first-order chi connectivity index (χ1) is 13.6. The summed E-state index contributed by atoms with van der Waals surface area (Å²) in [6, 6.07) is 5.35. The Bertz CT molecular complexity index is 1070. The van der Waals surface area contributed by atoms with Gasteiger partial charge in [0.2, 0.25) is 5.88 Å². The van der Waals surface area contributed by atoms with Gasteiger partial charge in [-0.3, -0.25) is 9.48 Å². The molecule has 1 amide bonds. The zero-order valence-electron chi connectivity index (χ0n) is 14.7. The molecule has 0 bridgehead atoms. The molecule has 0 aliphatic carbocycles. The van der Waals surface area contributed by atoms with Crippen LogP contribution in [-0.2, 0) is 6.54 Å². The molecule has 0 unspecified atom stereocenters. The fraction of sp³-hybridized carbons (Fsp3) is 0.167. The Kier molecular flexibility index (Phi) is 4.66. The van der Waals surface area contributed by atoms with Crippen molar-refractivity contribution in [3.05, 3.63) is 47.5 Å². The van der Waals surface area contributed by atoms with Gasteiger partial charge in [-0.1, -0.05) is 17.7 Å². The smallest absolute Gasteiger partial charge is 0.267 e. The van der Waals surface area contributed by atoms with Gasteiger partial charge in [-0.2, -0.15) is 5.10 Å². The topological polar surface area (TPSA) is 123 Å². The zero-order chi connectivity index (χ0) is 19.7. The van der Waals surface area contributed by atoms with Gasteiger partial charge < -0.3 is 20.8 Å². The second-order valence-electron chi connectivity index (χ2n) is 6.06. The lowest BCUT2D eigenvalue weighted by Gasteiger charge is -2.21. The first-order valence-electron chi connectivity index (χ1n) is 8.45. The summed E-state index contributed by atoms with van der Waals surface area (Å²) < 4.78 is 7.19. The lowest BCUT2D eigenvalue weighted by Crippen LogP contribution is -2.32. The highest BCUT2D eigenvalue weighted by molar-refractivity contribution is 6.33. The lowest BCUT2D eigenvalue weighted by molar-refractivity contribution is 0.0990. The Morgan fingerprint density at radius 3 is 3.00 bits per heavy atom. The van der Waals surface area contributed by atoms with Crippen molar-refractivity contribution in [3.8, 4) is 17.0 Å². The minimum atomic E-state index is -0.340. The van der Waals surface area contributed by atoms with Crippen LogP contribution in [0.1, 0.15) is 10.4 Å². The maximum absolute atomic E-state index is 13.0. The average molecular weight is 398 g/mol. The van der Waals surface area contributed by atoms with Gasteiger partial charge in [0, 0.05) is 29.2 Å². The molecule has 1 aliphatic heterocycles. The van der Waals surface area contributed by atoms with E-state index in [1.165, 1.54) is 12.5 Å². The number of nitrogens with one attached hydrogen (secondary N) is 1. The average Bonchev–Trinajstić information content (AvgIpc) is 3.06. The van der Waals surface area contributed by atoms with Crippen molar-refractivity contribution in [2.45, 2.75) is 6.54 Å². The third-order valence-electron chi connectivity index (χ3n) is 4.34. The molecule has 0 atom stereocenters. The molecule has 0 saturated carbocycles. The number of aromatic nitrogens is 4. The highest BCUT2D eigenvalue weighted by Crippen LogP contribution is 2.33. The van der Waals surface area contributed by atoms with Crippen molar-refractivity contribution >= 4 is 35.2 Å². The largest absolute Gasteiger partial charge is 0.475 e. The Hall–Kier alpha value is -3.46. The van der Waals surface area contributed by atoms with Crippen LogP contribution < -0.4 is 15.4 Å². The molecule has 0 fully saturated rings. The second-order valence-corrected chi connectivity index (χ2v) is 6.47. The first-order valence-corrected chi connectivity index (χ1v) is 8.82. The SMILES string of the molecule is N=CCn1cc(-c2ccc(N3CCOc4ncnc(N)c4C3=O)cc2Cl)cn1. The van der Waals surface area contributed by atoms with Crippen molar-refractivity contribution in [2.75, 3.05) is 23.8 Å². The van der Waals surface area contributed by atoms with Crippen molar-refractivity contribution in [3.63, 3.8) is 0 Å². The van der Waals surface area contributed by atoms with Crippen LogP contribution in [0.15, 0.2) is 36.9 Å². The lowest BCUT2D eigenvalue weighted by atomic mass is 10.1. The molecular formula is C18H16ClN7O2. The highest BCUT2D eigenvalue weighted by atomic mass is 35.5. The maximum atomic E-state index is 13.0. The summed E-state index contributed by atoms with van der Waals surface area (Å²) in [6.07, 6.45) is 6.03. The van der Waals surface area contributed by atoms with E-state index in [2.05, 4.69) is 15.1 Å².